The van der Waals surface area contributed by atoms with Gasteiger partial charge in [-0.2, -0.15) is 0 Å². The molecule has 0 saturated carbocycles. The van der Waals surface area contributed by atoms with Crippen LogP contribution >= 0.6 is 0 Å². The highest BCUT2D eigenvalue weighted by Gasteiger charge is 2.10. The van der Waals surface area contributed by atoms with E-state index in [4.69, 9.17) is 0 Å². The van der Waals surface area contributed by atoms with E-state index in [1.165, 1.54) is 0 Å². The minimum Gasteiger partial charge on any atom is -0.369 e. The van der Waals surface area contributed by atoms with Crippen LogP contribution in [0.2, 0.25) is 0 Å². The molecular weight excluding hydrogens is 328 g/mol. The van der Waals surface area contributed by atoms with Gasteiger partial charge in [0.25, 0.3) is 5.91 Å². The number of aromatic nitrogens is 3. The lowest BCUT2D eigenvalue weighted by molar-refractivity contribution is 0.0953. The first-order valence-electron chi connectivity index (χ1n) is 8.47. The number of rotatable bonds is 0. The van der Waals surface area contributed by atoms with Gasteiger partial charge in [0.15, 0.2) is 0 Å². The fourth-order valence-electron chi connectivity index (χ4n) is 2.75. The minimum absolute atomic E-state index is 0.0829. The van der Waals surface area contributed by atoms with Gasteiger partial charge < -0.3 is 16.0 Å². The molecule has 0 fully saturated rings. The topological polar surface area (TPSA) is 91.8 Å². The second-order valence-electron chi connectivity index (χ2n) is 5.90. The van der Waals surface area contributed by atoms with Crippen molar-refractivity contribution in [2.24, 2.45) is 0 Å². The fourth-order valence-corrected chi connectivity index (χ4v) is 2.75. The van der Waals surface area contributed by atoms with Crippen LogP contribution < -0.4 is 16.0 Å². The maximum absolute atomic E-state index is 12.2. The minimum atomic E-state index is -0.0829. The van der Waals surface area contributed by atoms with Crippen LogP contribution in [0.3, 0.4) is 0 Å². The Morgan fingerprint density at radius 2 is 1.73 bits per heavy atom. The third-order valence-electron chi connectivity index (χ3n) is 4.07. The first kappa shape index (κ1) is 16.0. The Balaban J connectivity index is 1.73. The smallest absolute Gasteiger partial charge is 0.251 e. The van der Waals surface area contributed by atoms with E-state index < -0.39 is 0 Å². The second kappa shape index (κ2) is 7.18. The summed E-state index contributed by atoms with van der Waals surface area (Å²) >= 11 is 0. The predicted octanol–water partition coefficient (Wildman–Crippen LogP) is 2.83. The first-order valence-corrected chi connectivity index (χ1v) is 8.47. The van der Waals surface area contributed by atoms with E-state index in [0.29, 0.717) is 24.6 Å². The van der Waals surface area contributed by atoms with Crippen molar-refractivity contribution < 1.29 is 4.79 Å². The summed E-state index contributed by atoms with van der Waals surface area (Å²) in [6.45, 7) is 1.28. The Morgan fingerprint density at radius 1 is 0.885 bits per heavy atom. The highest BCUT2D eigenvalue weighted by molar-refractivity contribution is 5.94. The molecule has 1 aromatic carbocycles. The third kappa shape index (κ3) is 3.46. The molecule has 4 bridgehead atoms. The van der Waals surface area contributed by atoms with Crippen molar-refractivity contribution in [1.82, 2.24) is 20.3 Å². The van der Waals surface area contributed by atoms with E-state index in [9.17, 15) is 4.79 Å². The molecule has 3 aromatic rings. The van der Waals surface area contributed by atoms with E-state index >= 15 is 0 Å². The summed E-state index contributed by atoms with van der Waals surface area (Å²) in [5.41, 5.74) is 3.13. The molecule has 7 heteroatoms. The van der Waals surface area contributed by atoms with Crippen LogP contribution in [0.5, 0.6) is 0 Å². The van der Waals surface area contributed by atoms with Gasteiger partial charge in [-0.15, -0.1) is 0 Å². The number of hydrogen-bond acceptors (Lipinski definition) is 6. The maximum atomic E-state index is 12.2. The van der Waals surface area contributed by atoms with Crippen LogP contribution in [0.4, 0.5) is 17.5 Å². The number of benzene rings is 1. The number of carbonyl (C=O) groups is 1. The predicted molar refractivity (Wildman–Crippen MR) is 100 cm³/mol. The molecule has 0 unspecified atom stereocenters. The Bertz CT molecular complexity index is 925. The van der Waals surface area contributed by atoms with Crippen molar-refractivity contribution in [3.8, 4) is 11.3 Å². The highest BCUT2D eigenvalue weighted by atomic mass is 16.1. The quantitative estimate of drug-likeness (QED) is 0.580. The summed E-state index contributed by atoms with van der Waals surface area (Å²) in [6.07, 6.45) is 4.25. The summed E-state index contributed by atoms with van der Waals surface area (Å²) in [5.74, 6) is 1.17. The third-order valence-corrected chi connectivity index (χ3v) is 4.07. The Labute approximate surface area is 150 Å². The van der Waals surface area contributed by atoms with Gasteiger partial charge in [-0.05, 0) is 48.9 Å². The summed E-state index contributed by atoms with van der Waals surface area (Å²) in [6, 6.07) is 13.0. The average molecular weight is 346 g/mol. The number of fused-ring (bicyclic) bond motifs is 7. The molecule has 5 rings (SSSR count). The molecule has 2 aromatic heterocycles. The fraction of sp³-hybridized carbons (Fsp3) is 0.158. The molecule has 1 amide bonds. The lowest BCUT2D eigenvalue weighted by Gasteiger charge is -2.13. The number of amides is 1. The van der Waals surface area contributed by atoms with E-state index in [1.54, 1.807) is 24.5 Å². The largest absolute Gasteiger partial charge is 0.369 e. The van der Waals surface area contributed by atoms with Gasteiger partial charge in [-0.1, -0.05) is 0 Å². The van der Waals surface area contributed by atoms with Crippen molar-refractivity contribution in [1.29, 1.82) is 0 Å². The SMILES string of the molecule is O=C1NCCCNc2ncccc2-c2ccnc(n2)Nc2ccc1cc2. The van der Waals surface area contributed by atoms with Gasteiger partial charge >= 0.3 is 0 Å². The summed E-state index contributed by atoms with van der Waals surface area (Å²) < 4.78 is 0. The van der Waals surface area contributed by atoms with Crippen molar-refractivity contribution in [3.63, 3.8) is 0 Å². The van der Waals surface area contributed by atoms with E-state index in [1.807, 2.05) is 30.3 Å². The number of nitrogens with one attached hydrogen (secondary N) is 3. The van der Waals surface area contributed by atoms with E-state index in [2.05, 4.69) is 30.9 Å². The van der Waals surface area contributed by atoms with Crippen LogP contribution in [-0.2, 0) is 0 Å². The summed E-state index contributed by atoms with van der Waals surface area (Å²) in [5, 5.41) is 9.42. The standard InChI is InChI=1S/C19H18N6O/c26-18-13-4-6-14(7-5-13)24-19-23-12-8-16(25-19)15-3-1-9-20-17(15)21-10-2-11-22-18/h1,3-9,12H,2,10-11H2,(H,20,21)(H,22,26)(H,23,24,25). The second-order valence-corrected chi connectivity index (χ2v) is 5.90. The van der Waals surface area contributed by atoms with Gasteiger partial charge in [0, 0.05) is 42.3 Å². The summed E-state index contributed by atoms with van der Waals surface area (Å²) in [7, 11) is 0. The lowest BCUT2D eigenvalue weighted by atomic mass is 10.1. The van der Waals surface area contributed by atoms with Crippen LogP contribution in [0.15, 0.2) is 54.9 Å². The summed E-state index contributed by atoms with van der Waals surface area (Å²) in [4.78, 5) is 25.5. The van der Waals surface area contributed by atoms with Crippen molar-refractivity contribution in [2.75, 3.05) is 23.7 Å². The van der Waals surface area contributed by atoms with Crippen LogP contribution in [0, 0.1) is 0 Å². The number of anilines is 3. The van der Waals surface area contributed by atoms with Crippen molar-refractivity contribution in [3.05, 3.63) is 60.4 Å². The molecule has 130 valence electrons. The Kier molecular flexibility index (Phi) is 4.42. The van der Waals surface area contributed by atoms with Crippen molar-refractivity contribution >= 4 is 23.4 Å². The maximum Gasteiger partial charge on any atom is 0.251 e. The molecule has 0 aliphatic carbocycles. The van der Waals surface area contributed by atoms with Gasteiger partial charge in [0.2, 0.25) is 5.95 Å². The number of hydrogen-bond donors (Lipinski definition) is 3. The van der Waals surface area contributed by atoms with E-state index in [0.717, 1.165) is 29.2 Å². The van der Waals surface area contributed by atoms with Crippen LogP contribution in [0.1, 0.15) is 16.8 Å². The van der Waals surface area contributed by atoms with Crippen LogP contribution in [-0.4, -0.2) is 33.9 Å². The monoisotopic (exact) mass is 346 g/mol. The first-order chi connectivity index (χ1) is 12.8. The van der Waals surface area contributed by atoms with E-state index in [-0.39, 0.29) is 5.91 Å². The number of nitrogens with zero attached hydrogens (tertiary/aromatic N) is 3. The molecule has 7 nitrogen and oxygen atoms in total. The molecule has 0 atom stereocenters. The van der Waals surface area contributed by atoms with Crippen molar-refractivity contribution in [2.45, 2.75) is 6.42 Å². The Morgan fingerprint density at radius 3 is 2.62 bits per heavy atom. The van der Waals surface area contributed by atoms with Gasteiger partial charge in [-0.3, -0.25) is 4.79 Å². The molecule has 4 heterocycles. The van der Waals surface area contributed by atoms with Gasteiger partial charge in [0.1, 0.15) is 5.82 Å². The molecule has 3 N–H and O–H groups in total. The number of pyridine rings is 1. The normalized spacial score (nSPS) is 13.9. The molecule has 0 spiro atoms. The van der Waals surface area contributed by atoms with Gasteiger partial charge in [-0.25, -0.2) is 15.0 Å². The van der Waals surface area contributed by atoms with Gasteiger partial charge in [0.05, 0.1) is 5.69 Å². The Hall–Kier alpha value is -3.48. The highest BCUT2D eigenvalue weighted by Crippen LogP contribution is 2.25. The molecule has 26 heavy (non-hydrogen) atoms. The lowest BCUT2D eigenvalue weighted by Crippen LogP contribution is -2.25. The molecule has 2 aliphatic heterocycles. The average Bonchev–Trinajstić information content (AvgIpc) is 2.68. The molecule has 0 saturated heterocycles. The zero-order valence-electron chi connectivity index (χ0n) is 14.1. The molecule has 0 radical (unpaired) electrons. The zero-order valence-corrected chi connectivity index (χ0v) is 14.1. The zero-order chi connectivity index (χ0) is 17.8. The molecule has 2 aliphatic rings. The van der Waals surface area contributed by atoms with Crippen LogP contribution in [0.25, 0.3) is 11.3 Å². The molecular formula is C19H18N6O. The number of carbonyl (C=O) groups excluding carboxylic acids is 1.